The zero-order valence-corrected chi connectivity index (χ0v) is 14.2. The van der Waals surface area contributed by atoms with Crippen molar-refractivity contribution in [3.63, 3.8) is 0 Å². The monoisotopic (exact) mass is 390 g/mol. The zero-order valence-electron chi connectivity index (χ0n) is 14.2. The first-order valence-corrected chi connectivity index (χ1v) is 7.88. The van der Waals surface area contributed by atoms with Gasteiger partial charge in [-0.05, 0) is 23.8 Å². The molecule has 2 aromatic heterocycles. The van der Waals surface area contributed by atoms with Gasteiger partial charge < -0.3 is 15.5 Å². The van der Waals surface area contributed by atoms with Crippen LogP contribution in [0.5, 0.6) is 5.75 Å². The van der Waals surface area contributed by atoms with E-state index in [-0.39, 0.29) is 17.7 Å². The lowest BCUT2D eigenvalue weighted by Crippen LogP contribution is -2.27. The molecule has 0 aliphatic rings. The number of rotatable bonds is 5. The highest BCUT2D eigenvalue weighted by molar-refractivity contribution is 5.93. The molecule has 0 unspecified atom stereocenters. The molecular formula is C18H13F3N4O3. The summed E-state index contributed by atoms with van der Waals surface area (Å²) in [5, 5.41) is 0. The molecule has 3 aromatic rings. The molecule has 1 amide bonds. The molecule has 10 heteroatoms. The van der Waals surface area contributed by atoms with Gasteiger partial charge in [0.25, 0.3) is 11.5 Å². The lowest BCUT2D eigenvalue weighted by molar-refractivity contribution is -0.140. The van der Waals surface area contributed by atoms with Crippen LogP contribution in [0, 0.1) is 0 Å². The molecule has 0 aliphatic heterocycles. The second kappa shape index (κ2) is 7.51. The van der Waals surface area contributed by atoms with Crippen LogP contribution in [0.3, 0.4) is 0 Å². The number of carbonyl (C=O) groups excluding carboxylic acids is 1. The minimum atomic E-state index is -4.83. The lowest BCUT2D eigenvalue weighted by Gasteiger charge is -2.14. The van der Waals surface area contributed by atoms with E-state index in [4.69, 9.17) is 10.5 Å². The van der Waals surface area contributed by atoms with Gasteiger partial charge in [-0.25, -0.2) is 0 Å². The Hall–Kier alpha value is -3.69. The number of primary amides is 1. The van der Waals surface area contributed by atoms with E-state index in [1.807, 2.05) is 0 Å². The van der Waals surface area contributed by atoms with Crippen LogP contribution in [0.15, 0.2) is 53.7 Å². The molecule has 2 heterocycles. The number of hydrogen-bond acceptors (Lipinski definition) is 5. The number of nitrogens with zero attached hydrogens (tertiary/aromatic N) is 2. The second-order valence-corrected chi connectivity index (χ2v) is 5.67. The number of carbonyl (C=O) groups is 1. The van der Waals surface area contributed by atoms with Gasteiger partial charge in [-0.2, -0.15) is 13.2 Å². The largest absolute Gasteiger partial charge is 0.487 e. The average molecular weight is 390 g/mol. The molecule has 0 spiro atoms. The van der Waals surface area contributed by atoms with Gasteiger partial charge in [0.05, 0.1) is 11.9 Å². The molecule has 0 saturated carbocycles. The number of amides is 1. The van der Waals surface area contributed by atoms with Crippen LogP contribution in [-0.2, 0) is 12.8 Å². The fraction of sp³-hybridized carbons (Fsp3) is 0.111. The van der Waals surface area contributed by atoms with Crippen molar-refractivity contribution in [3.05, 3.63) is 76.2 Å². The standard InChI is InChI=1S/C18H13F3N4O3/c19-18(20,21)15-13(7-14(16(22)26)17(27)25-15)10-1-3-12(4-2-10)28-9-11-8-23-5-6-24-11/h1-8H,9H2,(H2,22,26)(H,25,27). The number of pyridine rings is 1. The minimum Gasteiger partial charge on any atom is -0.487 e. The van der Waals surface area contributed by atoms with Crippen LogP contribution in [0.1, 0.15) is 21.7 Å². The number of aromatic amines is 1. The minimum absolute atomic E-state index is 0.123. The van der Waals surface area contributed by atoms with Gasteiger partial charge in [-0.15, -0.1) is 0 Å². The topological polar surface area (TPSA) is 111 Å². The second-order valence-electron chi connectivity index (χ2n) is 5.67. The van der Waals surface area contributed by atoms with E-state index >= 15 is 0 Å². The summed E-state index contributed by atoms with van der Waals surface area (Å²) in [4.78, 5) is 32.7. The maximum atomic E-state index is 13.3. The van der Waals surface area contributed by atoms with Crippen LogP contribution in [0.25, 0.3) is 11.1 Å². The SMILES string of the molecule is NC(=O)c1cc(-c2ccc(OCc3cnccn3)cc2)c(C(F)(F)F)[nH]c1=O. The Kier molecular flexibility index (Phi) is 5.12. The first-order valence-electron chi connectivity index (χ1n) is 7.88. The molecular weight excluding hydrogens is 377 g/mol. The molecule has 0 bridgehead atoms. The third-order valence-electron chi connectivity index (χ3n) is 3.76. The molecule has 0 radical (unpaired) electrons. The van der Waals surface area contributed by atoms with Gasteiger partial charge in [0, 0.05) is 18.0 Å². The highest BCUT2D eigenvalue weighted by Crippen LogP contribution is 2.35. The molecule has 3 rings (SSSR count). The zero-order chi connectivity index (χ0) is 20.3. The van der Waals surface area contributed by atoms with Crippen LogP contribution in [0.2, 0.25) is 0 Å². The fourth-order valence-electron chi connectivity index (χ4n) is 2.46. The predicted molar refractivity (Wildman–Crippen MR) is 92.4 cm³/mol. The van der Waals surface area contributed by atoms with Gasteiger partial charge in [0.15, 0.2) is 0 Å². The summed E-state index contributed by atoms with van der Waals surface area (Å²) in [5.74, 6) is -0.734. The summed E-state index contributed by atoms with van der Waals surface area (Å²) in [6.07, 6.45) is -0.282. The number of alkyl halides is 3. The van der Waals surface area contributed by atoms with Gasteiger partial charge in [0.2, 0.25) is 0 Å². The van der Waals surface area contributed by atoms with E-state index in [1.165, 1.54) is 42.9 Å². The van der Waals surface area contributed by atoms with Gasteiger partial charge in [-0.1, -0.05) is 12.1 Å². The van der Waals surface area contributed by atoms with Crippen molar-refractivity contribution in [3.8, 4) is 16.9 Å². The Morgan fingerprint density at radius 2 is 1.89 bits per heavy atom. The van der Waals surface area contributed by atoms with E-state index in [9.17, 15) is 22.8 Å². The molecule has 0 aliphatic carbocycles. The summed E-state index contributed by atoms with van der Waals surface area (Å²) in [7, 11) is 0. The first kappa shape index (κ1) is 19.1. The van der Waals surface area contributed by atoms with Crippen LogP contribution < -0.4 is 16.0 Å². The molecule has 0 saturated heterocycles. The number of nitrogens with two attached hydrogens (primary N) is 1. The van der Waals surface area contributed by atoms with Crippen molar-refractivity contribution in [1.29, 1.82) is 0 Å². The summed E-state index contributed by atoms with van der Waals surface area (Å²) < 4.78 is 45.4. The maximum absolute atomic E-state index is 13.3. The molecule has 3 N–H and O–H groups in total. The van der Waals surface area contributed by atoms with E-state index in [0.717, 1.165) is 6.07 Å². The molecule has 0 fully saturated rings. The Balaban J connectivity index is 1.93. The van der Waals surface area contributed by atoms with Crippen LogP contribution in [-0.4, -0.2) is 20.9 Å². The normalized spacial score (nSPS) is 11.2. The number of hydrogen-bond donors (Lipinski definition) is 2. The number of benzene rings is 1. The van der Waals surface area contributed by atoms with Crippen molar-refractivity contribution in [1.82, 2.24) is 15.0 Å². The molecule has 0 atom stereocenters. The Morgan fingerprint density at radius 1 is 1.18 bits per heavy atom. The molecule has 28 heavy (non-hydrogen) atoms. The third-order valence-corrected chi connectivity index (χ3v) is 3.76. The van der Waals surface area contributed by atoms with Crippen LogP contribution in [0.4, 0.5) is 13.2 Å². The van der Waals surface area contributed by atoms with Crippen LogP contribution >= 0.6 is 0 Å². The van der Waals surface area contributed by atoms with Crippen molar-refractivity contribution < 1.29 is 22.7 Å². The maximum Gasteiger partial charge on any atom is 0.431 e. The Labute approximate surface area is 156 Å². The summed E-state index contributed by atoms with van der Waals surface area (Å²) in [6.45, 7) is 0.130. The lowest BCUT2D eigenvalue weighted by atomic mass is 10.0. The smallest absolute Gasteiger partial charge is 0.431 e. The average Bonchev–Trinajstić information content (AvgIpc) is 2.66. The van der Waals surface area contributed by atoms with E-state index in [2.05, 4.69) is 9.97 Å². The van der Waals surface area contributed by atoms with Crippen molar-refractivity contribution in [2.24, 2.45) is 5.73 Å². The summed E-state index contributed by atoms with van der Waals surface area (Å²) >= 11 is 0. The van der Waals surface area contributed by atoms with Crippen molar-refractivity contribution >= 4 is 5.91 Å². The van der Waals surface area contributed by atoms with Gasteiger partial charge in [-0.3, -0.25) is 19.6 Å². The quantitative estimate of drug-likeness (QED) is 0.696. The van der Waals surface area contributed by atoms with E-state index < -0.39 is 28.9 Å². The number of ether oxygens (including phenoxy) is 1. The fourth-order valence-corrected chi connectivity index (χ4v) is 2.46. The Morgan fingerprint density at radius 3 is 2.46 bits per heavy atom. The number of nitrogens with one attached hydrogen (secondary N) is 1. The highest BCUT2D eigenvalue weighted by Gasteiger charge is 2.36. The van der Waals surface area contributed by atoms with E-state index in [0.29, 0.717) is 11.4 Å². The van der Waals surface area contributed by atoms with Crippen molar-refractivity contribution in [2.75, 3.05) is 0 Å². The summed E-state index contributed by atoms with van der Waals surface area (Å²) in [6, 6.07) is 6.50. The first-order chi connectivity index (χ1) is 13.3. The predicted octanol–water partition coefficient (Wildman–Crippen LogP) is 2.53. The highest BCUT2D eigenvalue weighted by atomic mass is 19.4. The Bertz CT molecular complexity index is 1050. The number of halogens is 3. The molecule has 1 aromatic carbocycles. The van der Waals surface area contributed by atoms with Gasteiger partial charge in [0.1, 0.15) is 23.6 Å². The molecule has 144 valence electrons. The van der Waals surface area contributed by atoms with E-state index in [1.54, 1.807) is 4.98 Å². The van der Waals surface area contributed by atoms with Gasteiger partial charge >= 0.3 is 6.18 Å². The number of H-pyrrole nitrogens is 1. The van der Waals surface area contributed by atoms with Crippen molar-refractivity contribution in [2.45, 2.75) is 12.8 Å². The summed E-state index contributed by atoms with van der Waals surface area (Å²) in [5.41, 5.74) is 2.37. The third kappa shape index (κ3) is 4.17. The molecule has 7 nitrogen and oxygen atoms in total. The number of aromatic nitrogens is 3.